The highest BCUT2D eigenvalue weighted by molar-refractivity contribution is 8.03. The van der Waals surface area contributed by atoms with Crippen LogP contribution >= 0.6 is 11.8 Å². The molecule has 1 aromatic heterocycles. The number of allylic oxidation sites excluding steroid dienone is 9. The van der Waals surface area contributed by atoms with Gasteiger partial charge in [-0.3, -0.25) is 0 Å². The van der Waals surface area contributed by atoms with Crippen molar-refractivity contribution in [2.24, 2.45) is 0 Å². The van der Waals surface area contributed by atoms with Crippen molar-refractivity contribution in [3.8, 4) is 16.8 Å². The molecule has 4 aromatic rings. The lowest BCUT2D eigenvalue weighted by Gasteiger charge is -2.19. The molecular weight excluding hydrogens is 529 g/mol. The van der Waals surface area contributed by atoms with E-state index in [-0.39, 0.29) is 0 Å². The molecule has 2 heterocycles. The third-order valence-electron chi connectivity index (χ3n) is 8.04. The van der Waals surface area contributed by atoms with Crippen LogP contribution in [0, 0.1) is 6.92 Å². The van der Waals surface area contributed by atoms with Crippen LogP contribution in [0.1, 0.15) is 43.5 Å². The molecule has 42 heavy (non-hydrogen) atoms. The highest BCUT2D eigenvalue weighted by atomic mass is 32.2. The molecule has 0 saturated heterocycles. The van der Waals surface area contributed by atoms with E-state index >= 15 is 0 Å². The van der Waals surface area contributed by atoms with E-state index in [1.807, 2.05) is 17.8 Å². The second-order valence-electron chi connectivity index (χ2n) is 11.1. The SMILES string of the molecule is C=C/C1=C(\C=C(/C)Nc2ccccc2-c2cc(C)cc(-n3c4c(c5ccccc53)CCC=C4C)c2)C/C=C\C=C/CS1. The van der Waals surface area contributed by atoms with Crippen molar-refractivity contribution in [1.82, 2.24) is 4.57 Å². The quantitative estimate of drug-likeness (QED) is 0.250. The Bertz CT molecular complexity index is 1820. The van der Waals surface area contributed by atoms with Gasteiger partial charge in [-0.05, 0) is 98.2 Å². The predicted molar refractivity (Wildman–Crippen MR) is 185 cm³/mol. The second-order valence-corrected chi connectivity index (χ2v) is 12.2. The lowest BCUT2D eigenvalue weighted by molar-refractivity contribution is 0.953. The number of fused-ring (bicyclic) bond motifs is 3. The van der Waals surface area contributed by atoms with Crippen molar-refractivity contribution < 1.29 is 0 Å². The Morgan fingerprint density at radius 3 is 2.67 bits per heavy atom. The van der Waals surface area contributed by atoms with Gasteiger partial charge in [-0.1, -0.05) is 85.5 Å². The summed E-state index contributed by atoms with van der Waals surface area (Å²) < 4.78 is 2.48. The summed E-state index contributed by atoms with van der Waals surface area (Å²) in [6.07, 6.45) is 18.4. The number of aryl methyl sites for hydroxylation is 2. The molecule has 0 saturated carbocycles. The molecule has 2 aliphatic rings. The number of thioether (sulfide) groups is 1. The van der Waals surface area contributed by atoms with Gasteiger partial charge < -0.3 is 9.88 Å². The average Bonchev–Trinajstić information content (AvgIpc) is 3.38. The van der Waals surface area contributed by atoms with Crippen LogP contribution in [0.3, 0.4) is 0 Å². The van der Waals surface area contributed by atoms with Crippen molar-refractivity contribution in [2.75, 3.05) is 11.1 Å². The summed E-state index contributed by atoms with van der Waals surface area (Å²) in [5.41, 5.74) is 13.8. The Morgan fingerprint density at radius 1 is 0.976 bits per heavy atom. The van der Waals surface area contributed by atoms with Gasteiger partial charge >= 0.3 is 0 Å². The first kappa shape index (κ1) is 27.9. The minimum Gasteiger partial charge on any atom is -0.359 e. The third-order valence-corrected chi connectivity index (χ3v) is 9.14. The lowest BCUT2D eigenvalue weighted by Crippen LogP contribution is -2.04. The third kappa shape index (κ3) is 5.62. The molecular formula is C39H38N2S. The van der Waals surface area contributed by atoms with Crippen molar-refractivity contribution in [1.29, 1.82) is 0 Å². The lowest BCUT2D eigenvalue weighted by atomic mass is 9.96. The van der Waals surface area contributed by atoms with Gasteiger partial charge in [-0.25, -0.2) is 0 Å². The topological polar surface area (TPSA) is 17.0 Å². The fourth-order valence-corrected chi connectivity index (χ4v) is 7.06. The molecule has 0 radical (unpaired) electrons. The molecule has 1 N–H and O–H groups in total. The van der Waals surface area contributed by atoms with Crippen molar-refractivity contribution in [2.45, 2.75) is 40.0 Å². The van der Waals surface area contributed by atoms with E-state index in [2.05, 4.69) is 140 Å². The zero-order valence-corrected chi connectivity index (χ0v) is 25.6. The van der Waals surface area contributed by atoms with Gasteiger partial charge in [0.05, 0.1) is 11.2 Å². The fourth-order valence-electron chi connectivity index (χ4n) is 6.23. The van der Waals surface area contributed by atoms with Crippen LogP contribution in [0.15, 0.2) is 132 Å². The summed E-state index contributed by atoms with van der Waals surface area (Å²) in [7, 11) is 0. The van der Waals surface area contributed by atoms with Crippen molar-refractivity contribution >= 4 is 33.9 Å². The van der Waals surface area contributed by atoms with E-state index in [1.165, 1.54) is 60.6 Å². The van der Waals surface area contributed by atoms with Gasteiger partial charge in [0.15, 0.2) is 0 Å². The zero-order chi connectivity index (χ0) is 29.1. The first-order valence-corrected chi connectivity index (χ1v) is 15.8. The molecule has 0 unspecified atom stereocenters. The Morgan fingerprint density at radius 2 is 1.79 bits per heavy atom. The molecule has 0 bridgehead atoms. The van der Waals surface area contributed by atoms with Crippen LogP contribution in [0.2, 0.25) is 0 Å². The minimum absolute atomic E-state index is 0.879. The number of benzene rings is 3. The summed E-state index contributed by atoms with van der Waals surface area (Å²) in [6.45, 7) is 10.7. The maximum absolute atomic E-state index is 4.09. The van der Waals surface area contributed by atoms with E-state index < -0.39 is 0 Å². The zero-order valence-electron chi connectivity index (χ0n) is 24.8. The number of aromatic nitrogens is 1. The van der Waals surface area contributed by atoms with Crippen LogP contribution in [0.4, 0.5) is 5.69 Å². The maximum Gasteiger partial charge on any atom is 0.0537 e. The largest absolute Gasteiger partial charge is 0.359 e. The molecule has 1 aliphatic heterocycles. The summed E-state index contributed by atoms with van der Waals surface area (Å²) in [4.78, 5) is 1.23. The van der Waals surface area contributed by atoms with Crippen molar-refractivity contribution in [3.63, 3.8) is 0 Å². The van der Waals surface area contributed by atoms with E-state index in [1.54, 1.807) is 0 Å². The maximum atomic E-state index is 4.09. The Balaban J connectivity index is 1.41. The smallest absolute Gasteiger partial charge is 0.0537 e. The summed E-state index contributed by atoms with van der Waals surface area (Å²) in [5.74, 6) is 0.948. The number of anilines is 1. The molecule has 3 aromatic carbocycles. The Hall–Kier alpha value is -4.21. The van der Waals surface area contributed by atoms with Gasteiger partial charge in [-0.2, -0.15) is 0 Å². The number of hydrogen-bond acceptors (Lipinski definition) is 2. The Kier molecular flexibility index (Phi) is 8.21. The van der Waals surface area contributed by atoms with E-state index in [4.69, 9.17) is 0 Å². The molecule has 3 heteroatoms. The molecule has 2 nitrogen and oxygen atoms in total. The molecule has 210 valence electrons. The second kappa shape index (κ2) is 12.3. The van der Waals surface area contributed by atoms with Crippen molar-refractivity contribution in [3.05, 3.63) is 149 Å². The van der Waals surface area contributed by atoms with Gasteiger partial charge in [0.25, 0.3) is 0 Å². The highest BCUT2D eigenvalue weighted by Gasteiger charge is 2.22. The summed E-state index contributed by atoms with van der Waals surface area (Å²) in [6, 6.07) is 24.5. The highest BCUT2D eigenvalue weighted by Crippen LogP contribution is 2.39. The molecule has 0 fully saturated rings. The number of para-hydroxylation sites is 2. The first-order chi connectivity index (χ1) is 20.5. The molecule has 0 spiro atoms. The number of nitrogens with zero attached hydrogens (tertiary/aromatic N) is 1. The van der Waals surface area contributed by atoms with E-state index in [0.717, 1.165) is 36.4 Å². The molecule has 0 atom stereocenters. The fraction of sp³-hybridized carbons (Fsp3) is 0.179. The van der Waals surface area contributed by atoms with Crippen LogP contribution < -0.4 is 5.32 Å². The van der Waals surface area contributed by atoms with Gasteiger partial charge in [0.1, 0.15) is 0 Å². The van der Waals surface area contributed by atoms with Crippen LogP contribution in [-0.4, -0.2) is 10.3 Å². The van der Waals surface area contributed by atoms with Gasteiger partial charge in [0, 0.05) is 38.7 Å². The van der Waals surface area contributed by atoms with Gasteiger partial charge in [-0.15, -0.1) is 11.8 Å². The molecule has 6 rings (SSSR count). The normalized spacial score (nSPS) is 18.8. The standard InChI is InChI=1S/C39H38N2S/c1-5-38-30(16-8-6-7-13-22-42-38)25-29(4)40-36-20-11-9-17-33(36)31-23-27(2)24-32(26-31)41-37-21-12-10-18-34(37)35-19-14-15-28(3)39(35)41/h5-13,15,17-18,20-21,23-26,40H,1,14,16,19,22H2,2-4H3/b8-6-,13-7-,29-25+,38-30+. The molecule has 1 aliphatic carbocycles. The summed E-state index contributed by atoms with van der Waals surface area (Å²) >= 11 is 1.84. The summed E-state index contributed by atoms with van der Waals surface area (Å²) in [5, 5.41) is 5.11. The predicted octanol–water partition coefficient (Wildman–Crippen LogP) is 11.0. The average molecular weight is 567 g/mol. The van der Waals surface area contributed by atoms with Crippen LogP contribution in [0.25, 0.3) is 33.3 Å². The Labute approximate surface area is 254 Å². The van der Waals surface area contributed by atoms with Gasteiger partial charge in [0.2, 0.25) is 0 Å². The minimum atomic E-state index is 0.879. The van der Waals surface area contributed by atoms with Crippen LogP contribution in [0.5, 0.6) is 0 Å². The molecule has 0 amide bonds. The van der Waals surface area contributed by atoms with Crippen LogP contribution in [-0.2, 0) is 6.42 Å². The number of rotatable bonds is 6. The monoisotopic (exact) mass is 566 g/mol. The first-order valence-electron chi connectivity index (χ1n) is 14.8. The van der Waals surface area contributed by atoms with E-state index in [0.29, 0.717) is 0 Å². The number of nitrogens with one attached hydrogen (secondary N) is 1. The number of hydrogen-bond donors (Lipinski definition) is 1. The van der Waals surface area contributed by atoms with E-state index in [9.17, 15) is 0 Å².